The first-order valence-corrected chi connectivity index (χ1v) is 4.48. The van der Waals surface area contributed by atoms with Gasteiger partial charge in [-0.25, -0.2) is 0 Å². The van der Waals surface area contributed by atoms with Gasteiger partial charge >= 0.3 is 0 Å². The van der Waals surface area contributed by atoms with Crippen LogP contribution >= 0.6 is 0 Å². The Bertz CT molecular complexity index is 167. The smallest absolute Gasteiger partial charge is 0.250 e. The van der Waals surface area contributed by atoms with Crippen molar-refractivity contribution in [2.24, 2.45) is 0 Å². The molecule has 0 saturated carbocycles. The Morgan fingerprint density at radius 3 is 3.15 bits per heavy atom. The van der Waals surface area contributed by atoms with E-state index < -0.39 is 12.2 Å². The van der Waals surface area contributed by atoms with E-state index in [9.17, 15) is 4.79 Å². The molecule has 1 saturated heterocycles. The van der Waals surface area contributed by atoms with Gasteiger partial charge in [-0.15, -0.1) is 0 Å². The van der Waals surface area contributed by atoms with Crippen LogP contribution in [0.4, 0.5) is 0 Å². The van der Waals surface area contributed by atoms with Gasteiger partial charge in [0.15, 0.2) is 0 Å². The molecule has 1 amide bonds. The fourth-order valence-corrected chi connectivity index (χ4v) is 1.10. The third-order valence-electron chi connectivity index (χ3n) is 1.79. The molecule has 0 aromatic carbocycles. The highest BCUT2D eigenvalue weighted by Gasteiger charge is 2.21. The minimum Gasteiger partial charge on any atom is -0.392 e. The molecular formula is C8H16N2O3. The molecule has 2 unspecified atom stereocenters. The lowest BCUT2D eigenvalue weighted by molar-refractivity contribution is -0.134. The highest BCUT2D eigenvalue weighted by Crippen LogP contribution is 1.95. The maximum Gasteiger partial charge on any atom is 0.250 e. The van der Waals surface area contributed by atoms with Crippen molar-refractivity contribution in [1.82, 2.24) is 10.6 Å². The van der Waals surface area contributed by atoms with Crippen LogP contribution in [-0.2, 0) is 9.53 Å². The Labute approximate surface area is 77.5 Å². The summed E-state index contributed by atoms with van der Waals surface area (Å²) in [5.41, 5.74) is 0. The van der Waals surface area contributed by atoms with Gasteiger partial charge in [0.05, 0.1) is 12.7 Å². The fourth-order valence-electron chi connectivity index (χ4n) is 1.10. The molecule has 0 aliphatic carbocycles. The summed E-state index contributed by atoms with van der Waals surface area (Å²) in [6, 6.07) is 0. The molecule has 0 aromatic heterocycles. The number of ether oxygens (including phenoxy) is 1. The largest absolute Gasteiger partial charge is 0.392 e. The minimum atomic E-state index is -0.513. The zero-order valence-electron chi connectivity index (χ0n) is 7.75. The second kappa shape index (κ2) is 5.16. The molecule has 13 heavy (non-hydrogen) atoms. The lowest BCUT2D eigenvalue weighted by Crippen LogP contribution is -2.48. The minimum absolute atomic E-state index is 0.159. The normalized spacial score (nSPS) is 25.2. The molecule has 1 heterocycles. The SMILES string of the molecule is CC(O)CNC(=O)C1CNCCO1. The van der Waals surface area contributed by atoms with Gasteiger partial charge in [-0.3, -0.25) is 4.79 Å². The molecule has 3 N–H and O–H groups in total. The zero-order valence-corrected chi connectivity index (χ0v) is 7.75. The van der Waals surface area contributed by atoms with Crippen LogP contribution in [0.1, 0.15) is 6.92 Å². The van der Waals surface area contributed by atoms with Gasteiger partial charge in [-0.2, -0.15) is 0 Å². The summed E-state index contributed by atoms with van der Waals surface area (Å²) in [6.45, 7) is 3.80. The van der Waals surface area contributed by atoms with Crippen molar-refractivity contribution in [2.45, 2.75) is 19.1 Å². The zero-order chi connectivity index (χ0) is 9.68. The maximum atomic E-state index is 11.3. The number of carbonyl (C=O) groups is 1. The molecule has 76 valence electrons. The average Bonchev–Trinajstić information content (AvgIpc) is 2.15. The molecule has 0 aromatic rings. The second-order valence-electron chi connectivity index (χ2n) is 3.16. The van der Waals surface area contributed by atoms with Crippen molar-refractivity contribution in [3.05, 3.63) is 0 Å². The third-order valence-corrected chi connectivity index (χ3v) is 1.79. The summed E-state index contributed by atoms with van der Waals surface area (Å²) >= 11 is 0. The Balaban J connectivity index is 2.21. The molecular weight excluding hydrogens is 172 g/mol. The van der Waals surface area contributed by atoms with E-state index in [0.29, 0.717) is 13.2 Å². The summed E-state index contributed by atoms with van der Waals surface area (Å²) in [5.74, 6) is -0.159. The van der Waals surface area contributed by atoms with Crippen LogP contribution in [0, 0.1) is 0 Å². The number of morpholine rings is 1. The topological polar surface area (TPSA) is 70.6 Å². The van der Waals surface area contributed by atoms with E-state index in [1.165, 1.54) is 0 Å². The van der Waals surface area contributed by atoms with Crippen molar-refractivity contribution < 1.29 is 14.6 Å². The van der Waals surface area contributed by atoms with E-state index in [-0.39, 0.29) is 12.5 Å². The molecule has 1 fully saturated rings. The van der Waals surface area contributed by atoms with Gasteiger partial charge in [0.2, 0.25) is 0 Å². The quantitative estimate of drug-likeness (QED) is 0.502. The summed E-state index contributed by atoms with van der Waals surface area (Å²) in [7, 11) is 0. The Hall–Kier alpha value is -0.650. The Kier molecular flexibility index (Phi) is 4.14. The van der Waals surface area contributed by atoms with E-state index in [2.05, 4.69) is 10.6 Å². The van der Waals surface area contributed by atoms with Gasteiger partial charge < -0.3 is 20.5 Å². The monoisotopic (exact) mass is 188 g/mol. The van der Waals surface area contributed by atoms with Crippen LogP contribution in [-0.4, -0.2) is 49.5 Å². The van der Waals surface area contributed by atoms with Gasteiger partial charge in [-0.05, 0) is 6.92 Å². The molecule has 2 atom stereocenters. The predicted octanol–water partition coefficient (Wildman–Crippen LogP) is -1.53. The van der Waals surface area contributed by atoms with Crippen molar-refractivity contribution in [1.29, 1.82) is 0 Å². The highest BCUT2D eigenvalue weighted by molar-refractivity contribution is 5.81. The molecule has 1 aliphatic heterocycles. The molecule has 5 nitrogen and oxygen atoms in total. The van der Waals surface area contributed by atoms with Gasteiger partial charge in [0.1, 0.15) is 6.10 Å². The summed E-state index contributed by atoms with van der Waals surface area (Å²) < 4.78 is 5.22. The molecule has 0 bridgehead atoms. The standard InChI is InChI=1S/C8H16N2O3/c1-6(11)4-10-8(12)7-5-9-2-3-13-7/h6-7,9,11H,2-5H2,1H3,(H,10,12). The van der Waals surface area contributed by atoms with Crippen LogP contribution in [0.2, 0.25) is 0 Å². The van der Waals surface area contributed by atoms with Gasteiger partial charge in [-0.1, -0.05) is 0 Å². The van der Waals surface area contributed by atoms with Crippen molar-refractivity contribution >= 4 is 5.91 Å². The molecule has 5 heteroatoms. The van der Waals surface area contributed by atoms with Crippen LogP contribution < -0.4 is 10.6 Å². The first kappa shape index (κ1) is 10.4. The van der Waals surface area contributed by atoms with Crippen molar-refractivity contribution in [2.75, 3.05) is 26.2 Å². The highest BCUT2D eigenvalue weighted by atomic mass is 16.5. The van der Waals surface area contributed by atoms with E-state index >= 15 is 0 Å². The number of amides is 1. The van der Waals surface area contributed by atoms with E-state index in [1.54, 1.807) is 6.92 Å². The van der Waals surface area contributed by atoms with E-state index in [4.69, 9.17) is 9.84 Å². The molecule has 1 aliphatic rings. The number of nitrogens with one attached hydrogen (secondary N) is 2. The van der Waals surface area contributed by atoms with Crippen molar-refractivity contribution in [3.8, 4) is 0 Å². The number of aliphatic hydroxyl groups excluding tert-OH is 1. The second-order valence-corrected chi connectivity index (χ2v) is 3.16. The summed E-state index contributed by atoms with van der Waals surface area (Å²) in [6.07, 6.45) is -0.923. The average molecular weight is 188 g/mol. The van der Waals surface area contributed by atoms with Crippen LogP contribution in [0.25, 0.3) is 0 Å². The summed E-state index contributed by atoms with van der Waals surface area (Å²) in [5, 5.41) is 14.6. The molecule has 0 radical (unpaired) electrons. The van der Waals surface area contributed by atoms with Crippen LogP contribution in [0.15, 0.2) is 0 Å². The van der Waals surface area contributed by atoms with Gasteiger partial charge in [0, 0.05) is 19.6 Å². The summed E-state index contributed by atoms with van der Waals surface area (Å²) in [4.78, 5) is 11.3. The predicted molar refractivity (Wildman–Crippen MR) is 47.3 cm³/mol. The number of carbonyl (C=O) groups excluding carboxylic acids is 1. The van der Waals surface area contributed by atoms with E-state index in [1.807, 2.05) is 0 Å². The Morgan fingerprint density at radius 1 is 1.85 bits per heavy atom. The molecule has 0 spiro atoms. The third kappa shape index (κ3) is 3.71. The first-order valence-electron chi connectivity index (χ1n) is 4.48. The fraction of sp³-hybridized carbons (Fsp3) is 0.875. The lowest BCUT2D eigenvalue weighted by atomic mass is 10.3. The lowest BCUT2D eigenvalue weighted by Gasteiger charge is -2.22. The Morgan fingerprint density at radius 2 is 2.62 bits per heavy atom. The number of aliphatic hydroxyl groups is 1. The first-order chi connectivity index (χ1) is 6.20. The maximum absolute atomic E-state index is 11.3. The van der Waals surface area contributed by atoms with Crippen molar-refractivity contribution in [3.63, 3.8) is 0 Å². The number of hydrogen-bond acceptors (Lipinski definition) is 4. The van der Waals surface area contributed by atoms with Crippen LogP contribution in [0.5, 0.6) is 0 Å². The number of hydrogen-bond donors (Lipinski definition) is 3. The van der Waals surface area contributed by atoms with Crippen LogP contribution in [0.3, 0.4) is 0 Å². The van der Waals surface area contributed by atoms with Gasteiger partial charge in [0.25, 0.3) is 5.91 Å². The number of rotatable bonds is 3. The van der Waals surface area contributed by atoms with E-state index in [0.717, 1.165) is 6.54 Å². The molecule has 1 rings (SSSR count).